The molecule has 9 heteroatoms. The number of carbonyl (C=O) groups excluding carboxylic acids is 1. The van der Waals surface area contributed by atoms with Gasteiger partial charge in [0, 0.05) is 17.6 Å². The average Bonchev–Trinajstić information content (AvgIpc) is 3.20. The number of sulfone groups is 1. The summed E-state index contributed by atoms with van der Waals surface area (Å²) in [5, 5.41) is 0.309. The molecule has 6 nitrogen and oxygen atoms in total. The molecule has 26 heavy (non-hydrogen) atoms. The highest BCUT2D eigenvalue weighted by Gasteiger charge is 2.34. The van der Waals surface area contributed by atoms with Crippen LogP contribution in [0.15, 0.2) is 40.1 Å². The minimum atomic E-state index is -3.01. The SMILES string of the molecule is CC(Sc1ncc(-c2ccc(Br)cc2)[nH]1)C(=O)N(C)C1CCS(=O)(=O)C1. The van der Waals surface area contributed by atoms with Crippen molar-refractivity contribution in [1.82, 2.24) is 14.9 Å². The summed E-state index contributed by atoms with van der Waals surface area (Å²) in [4.78, 5) is 21.8. The maximum absolute atomic E-state index is 12.6. The molecular formula is C17H20BrN3O3S2. The average molecular weight is 458 g/mol. The van der Waals surface area contributed by atoms with Crippen LogP contribution >= 0.6 is 27.7 Å². The van der Waals surface area contributed by atoms with Crippen molar-refractivity contribution < 1.29 is 13.2 Å². The summed E-state index contributed by atoms with van der Waals surface area (Å²) in [5.41, 5.74) is 1.90. The van der Waals surface area contributed by atoms with Crippen molar-refractivity contribution in [2.75, 3.05) is 18.6 Å². The molecule has 0 spiro atoms. The van der Waals surface area contributed by atoms with E-state index >= 15 is 0 Å². The van der Waals surface area contributed by atoms with Crippen molar-refractivity contribution in [3.8, 4) is 11.3 Å². The van der Waals surface area contributed by atoms with E-state index in [9.17, 15) is 13.2 Å². The molecule has 3 rings (SSSR count). The van der Waals surface area contributed by atoms with E-state index in [0.29, 0.717) is 11.6 Å². The molecule has 2 atom stereocenters. The monoisotopic (exact) mass is 457 g/mol. The van der Waals surface area contributed by atoms with Crippen LogP contribution in [0.1, 0.15) is 13.3 Å². The van der Waals surface area contributed by atoms with Crippen molar-refractivity contribution >= 4 is 43.4 Å². The molecule has 2 heterocycles. The maximum Gasteiger partial charge on any atom is 0.235 e. The number of rotatable bonds is 5. The van der Waals surface area contributed by atoms with Gasteiger partial charge in [0.1, 0.15) is 0 Å². The van der Waals surface area contributed by atoms with E-state index in [2.05, 4.69) is 25.9 Å². The van der Waals surface area contributed by atoms with Gasteiger partial charge in [-0.2, -0.15) is 0 Å². The Morgan fingerprint density at radius 2 is 2.08 bits per heavy atom. The Labute approximate surface area is 165 Å². The number of hydrogen-bond acceptors (Lipinski definition) is 5. The largest absolute Gasteiger partial charge is 0.341 e. The van der Waals surface area contributed by atoms with Crippen LogP contribution < -0.4 is 0 Å². The number of carbonyl (C=O) groups is 1. The highest BCUT2D eigenvalue weighted by molar-refractivity contribution is 9.10. The Kier molecular flexibility index (Phi) is 5.78. The predicted octanol–water partition coefficient (Wildman–Crippen LogP) is 2.97. The molecule has 1 amide bonds. The van der Waals surface area contributed by atoms with Gasteiger partial charge in [-0.15, -0.1) is 0 Å². The number of H-pyrrole nitrogens is 1. The smallest absolute Gasteiger partial charge is 0.235 e. The van der Waals surface area contributed by atoms with Gasteiger partial charge in [-0.25, -0.2) is 13.4 Å². The van der Waals surface area contributed by atoms with Gasteiger partial charge in [0.05, 0.1) is 28.6 Å². The highest BCUT2D eigenvalue weighted by Crippen LogP contribution is 2.27. The number of benzene rings is 1. The standard InChI is InChI=1S/C17H20BrN3O3S2/c1-11(16(22)21(2)14-7-8-26(23,24)10-14)25-17-19-9-15(20-17)12-3-5-13(18)6-4-12/h3-6,9,11,14H,7-8,10H2,1-2H3,(H,19,20). The fourth-order valence-corrected chi connectivity index (χ4v) is 5.83. The van der Waals surface area contributed by atoms with Crippen LogP contribution in [0, 0.1) is 0 Å². The van der Waals surface area contributed by atoms with Gasteiger partial charge in [0.15, 0.2) is 15.0 Å². The van der Waals surface area contributed by atoms with Crippen LogP contribution in [0.5, 0.6) is 0 Å². The zero-order valence-electron chi connectivity index (χ0n) is 14.5. The number of aromatic amines is 1. The molecule has 1 aromatic heterocycles. The zero-order chi connectivity index (χ0) is 18.9. The third-order valence-electron chi connectivity index (χ3n) is 4.45. The van der Waals surface area contributed by atoms with Gasteiger partial charge in [-0.1, -0.05) is 39.8 Å². The molecule has 1 aromatic carbocycles. The number of aromatic nitrogens is 2. The molecule has 1 aliphatic rings. The predicted molar refractivity (Wildman–Crippen MR) is 107 cm³/mol. The van der Waals surface area contributed by atoms with Crippen LogP contribution in [0.25, 0.3) is 11.3 Å². The fourth-order valence-electron chi connectivity index (χ4n) is 2.90. The first kappa shape index (κ1) is 19.4. The number of nitrogens with one attached hydrogen (secondary N) is 1. The Hall–Kier alpha value is -1.32. The van der Waals surface area contributed by atoms with Crippen LogP contribution in [0.4, 0.5) is 0 Å². The molecule has 0 saturated carbocycles. The van der Waals surface area contributed by atoms with Gasteiger partial charge in [0.2, 0.25) is 5.91 Å². The van der Waals surface area contributed by atoms with Crippen molar-refractivity contribution in [2.24, 2.45) is 0 Å². The second-order valence-electron chi connectivity index (χ2n) is 6.38. The number of amides is 1. The third kappa shape index (κ3) is 4.50. The molecule has 0 bridgehead atoms. The zero-order valence-corrected chi connectivity index (χ0v) is 17.7. The summed E-state index contributed by atoms with van der Waals surface area (Å²) in [6.45, 7) is 1.81. The quantitative estimate of drug-likeness (QED) is 0.697. The maximum atomic E-state index is 12.6. The van der Waals surface area contributed by atoms with E-state index in [1.54, 1.807) is 18.1 Å². The topological polar surface area (TPSA) is 83.1 Å². The van der Waals surface area contributed by atoms with Gasteiger partial charge in [-0.3, -0.25) is 4.79 Å². The first-order valence-electron chi connectivity index (χ1n) is 8.20. The van der Waals surface area contributed by atoms with Crippen molar-refractivity contribution in [1.29, 1.82) is 0 Å². The van der Waals surface area contributed by atoms with Gasteiger partial charge in [-0.05, 0) is 31.0 Å². The number of thioether (sulfide) groups is 1. The van der Waals surface area contributed by atoms with Gasteiger partial charge in [0.25, 0.3) is 0 Å². The minimum absolute atomic E-state index is 0.0566. The van der Waals surface area contributed by atoms with E-state index in [4.69, 9.17) is 0 Å². The molecule has 1 fully saturated rings. The lowest BCUT2D eigenvalue weighted by Gasteiger charge is -2.25. The second-order valence-corrected chi connectivity index (χ2v) is 10.8. The third-order valence-corrected chi connectivity index (χ3v) is 7.71. The van der Waals surface area contributed by atoms with E-state index in [1.807, 2.05) is 31.2 Å². The molecule has 140 valence electrons. The van der Waals surface area contributed by atoms with Crippen LogP contribution in [0.2, 0.25) is 0 Å². The molecule has 1 saturated heterocycles. The summed E-state index contributed by atoms with van der Waals surface area (Å²) in [5.74, 6) is 0.130. The molecular weight excluding hydrogens is 438 g/mol. The number of nitrogens with zero attached hydrogens (tertiary/aromatic N) is 2. The number of halogens is 1. The van der Waals surface area contributed by atoms with Crippen LogP contribution in [0.3, 0.4) is 0 Å². The summed E-state index contributed by atoms with van der Waals surface area (Å²) in [6.07, 6.45) is 2.26. The van der Waals surface area contributed by atoms with Crippen molar-refractivity contribution in [3.63, 3.8) is 0 Å². The fraction of sp³-hybridized carbons (Fsp3) is 0.412. The summed E-state index contributed by atoms with van der Waals surface area (Å²) in [7, 11) is -1.33. The number of hydrogen-bond donors (Lipinski definition) is 1. The lowest BCUT2D eigenvalue weighted by atomic mass is 10.2. The molecule has 0 radical (unpaired) electrons. The molecule has 2 aromatic rings. The van der Waals surface area contributed by atoms with Crippen molar-refractivity contribution in [2.45, 2.75) is 29.8 Å². The molecule has 1 aliphatic heterocycles. The van der Waals surface area contributed by atoms with Crippen molar-refractivity contribution in [3.05, 3.63) is 34.9 Å². The van der Waals surface area contributed by atoms with E-state index in [-0.39, 0.29) is 28.7 Å². The summed E-state index contributed by atoms with van der Waals surface area (Å²) in [6, 6.07) is 7.65. The van der Waals surface area contributed by atoms with E-state index < -0.39 is 9.84 Å². The summed E-state index contributed by atoms with van der Waals surface area (Å²) < 4.78 is 24.3. The molecule has 0 aliphatic carbocycles. The van der Waals surface area contributed by atoms with Crippen LogP contribution in [-0.2, 0) is 14.6 Å². The molecule has 2 unspecified atom stereocenters. The van der Waals surface area contributed by atoms with Crippen LogP contribution in [-0.4, -0.2) is 59.0 Å². The lowest BCUT2D eigenvalue weighted by molar-refractivity contribution is -0.130. The first-order chi connectivity index (χ1) is 12.2. The number of imidazole rings is 1. The van der Waals surface area contributed by atoms with E-state index in [0.717, 1.165) is 15.7 Å². The molecule has 1 N–H and O–H groups in total. The first-order valence-corrected chi connectivity index (χ1v) is 11.7. The second kappa shape index (κ2) is 7.74. The Balaban J connectivity index is 1.63. The Bertz CT molecular complexity index is 896. The van der Waals surface area contributed by atoms with E-state index in [1.165, 1.54) is 11.8 Å². The minimum Gasteiger partial charge on any atom is -0.341 e. The van der Waals surface area contributed by atoms with Gasteiger partial charge < -0.3 is 9.88 Å². The lowest BCUT2D eigenvalue weighted by Crippen LogP contribution is -2.41. The normalized spacial score (nSPS) is 20.0. The highest BCUT2D eigenvalue weighted by atomic mass is 79.9. The Morgan fingerprint density at radius 3 is 2.69 bits per heavy atom. The summed E-state index contributed by atoms with van der Waals surface area (Å²) >= 11 is 4.75. The van der Waals surface area contributed by atoms with Gasteiger partial charge >= 0.3 is 0 Å². The Morgan fingerprint density at radius 1 is 1.38 bits per heavy atom.